The molecule has 1 fully saturated rings. The molecule has 2 aromatic carbocycles. The minimum Gasteiger partial charge on any atom is -0.493 e. The number of aliphatic imine (C=N–C) groups is 1. The molecule has 0 heterocycles. The van der Waals surface area contributed by atoms with Gasteiger partial charge in [-0.25, -0.2) is 0 Å². The van der Waals surface area contributed by atoms with E-state index in [0.717, 1.165) is 42.6 Å². The highest BCUT2D eigenvalue weighted by Gasteiger charge is 2.22. The molecule has 0 bridgehead atoms. The van der Waals surface area contributed by atoms with Gasteiger partial charge in [-0.3, -0.25) is 9.79 Å². The number of ether oxygens (including phenoxy) is 2. The third-order valence-corrected chi connectivity index (χ3v) is 5.33. The lowest BCUT2D eigenvalue weighted by Crippen LogP contribution is -2.30. The van der Waals surface area contributed by atoms with Crippen molar-refractivity contribution in [2.75, 3.05) is 31.4 Å². The smallest absolute Gasteiger partial charge is 0.227 e. The average Bonchev–Trinajstić information content (AvgIpc) is 3.32. The number of guanidine groups is 1. The molecule has 0 radical (unpaired) electrons. The maximum Gasteiger partial charge on any atom is 0.227 e. The minimum absolute atomic E-state index is 0.129. The molecule has 0 spiro atoms. The molecule has 3 rings (SSSR count). The molecule has 0 aliphatic heterocycles. The normalized spacial score (nSPS) is 14.2. The van der Waals surface area contributed by atoms with E-state index in [9.17, 15) is 4.79 Å². The van der Waals surface area contributed by atoms with Gasteiger partial charge in [0.2, 0.25) is 5.91 Å². The third-order valence-electron chi connectivity index (χ3n) is 5.33. The predicted octanol–water partition coefficient (Wildman–Crippen LogP) is 4.41. The second-order valence-electron chi connectivity index (χ2n) is 7.52. The first-order chi connectivity index (χ1) is 15.1. The lowest BCUT2D eigenvalue weighted by atomic mass is 10.1. The van der Waals surface area contributed by atoms with Crippen LogP contribution in [0.1, 0.15) is 38.2 Å². The largest absolute Gasteiger partial charge is 0.493 e. The van der Waals surface area contributed by atoms with E-state index in [0.29, 0.717) is 30.6 Å². The molecule has 7 nitrogen and oxygen atoms in total. The Bertz CT molecular complexity index is 907. The molecule has 1 aliphatic rings. The van der Waals surface area contributed by atoms with Crippen LogP contribution >= 0.6 is 0 Å². The fourth-order valence-corrected chi connectivity index (χ4v) is 3.72. The Morgan fingerprint density at radius 2 is 1.84 bits per heavy atom. The molecule has 1 amide bonds. The van der Waals surface area contributed by atoms with Crippen LogP contribution in [-0.4, -0.2) is 32.6 Å². The van der Waals surface area contributed by atoms with E-state index >= 15 is 0 Å². The SMILES string of the molecule is CCOc1cc(NC(=NC)NCc2cccc(NC(=O)C3CCCC3)c2)ccc1OC. The zero-order valence-electron chi connectivity index (χ0n) is 18.5. The predicted molar refractivity (Wildman–Crippen MR) is 125 cm³/mol. The van der Waals surface area contributed by atoms with Crippen LogP contribution in [0.2, 0.25) is 0 Å². The first-order valence-corrected chi connectivity index (χ1v) is 10.8. The molecule has 7 heteroatoms. The summed E-state index contributed by atoms with van der Waals surface area (Å²) in [6, 6.07) is 13.5. The third kappa shape index (κ3) is 6.38. The number of nitrogens with zero attached hydrogens (tertiary/aromatic N) is 1. The number of benzene rings is 2. The molecule has 0 atom stereocenters. The zero-order chi connectivity index (χ0) is 22.1. The number of nitrogens with one attached hydrogen (secondary N) is 3. The van der Waals surface area contributed by atoms with Crippen LogP contribution in [0.25, 0.3) is 0 Å². The number of carbonyl (C=O) groups is 1. The van der Waals surface area contributed by atoms with Gasteiger partial charge in [0.05, 0.1) is 13.7 Å². The first-order valence-electron chi connectivity index (χ1n) is 10.8. The summed E-state index contributed by atoms with van der Waals surface area (Å²) >= 11 is 0. The Hall–Kier alpha value is -3.22. The average molecular weight is 425 g/mol. The molecule has 166 valence electrons. The Kier molecular flexibility index (Phi) is 8.15. The van der Waals surface area contributed by atoms with Gasteiger partial charge in [0.25, 0.3) is 0 Å². The topological polar surface area (TPSA) is 84.0 Å². The summed E-state index contributed by atoms with van der Waals surface area (Å²) < 4.78 is 11.0. The molecule has 1 saturated carbocycles. The lowest BCUT2D eigenvalue weighted by Gasteiger charge is -2.15. The van der Waals surface area contributed by atoms with E-state index in [2.05, 4.69) is 20.9 Å². The molecule has 0 saturated heterocycles. The van der Waals surface area contributed by atoms with Crippen LogP contribution < -0.4 is 25.4 Å². The summed E-state index contributed by atoms with van der Waals surface area (Å²) in [5, 5.41) is 9.63. The number of rotatable bonds is 8. The number of methoxy groups -OCH3 is 1. The summed E-state index contributed by atoms with van der Waals surface area (Å²) in [7, 11) is 3.34. The van der Waals surface area contributed by atoms with Gasteiger partial charge in [-0.15, -0.1) is 0 Å². The van der Waals surface area contributed by atoms with Crippen LogP contribution in [0.5, 0.6) is 11.5 Å². The molecule has 3 N–H and O–H groups in total. The van der Waals surface area contributed by atoms with Crippen molar-refractivity contribution in [3.63, 3.8) is 0 Å². The maximum absolute atomic E-state index is 12.4. The number of amides is 1. The number of carbonyl (C=O) groups excluding carboxylic acids is 1. The highest BCUT2D eigenvalue weighted by molar-refractivity contribution is 5.94. The van der Waals surface area contributed by atoms with Gasteiger partial charge in [-0.05, 0) is 49.6 Å². The zero-order valence-corrected chi connectivity index (χ0v) is 18.5. The molecule has 0 aromatic heterocycles. The van der Waals surface area contributed by atoms with Gasteiger partial charge in [-0.1, -0.05) is 25.0 Å². The van der Waals surface area contributed by atoms with E-state index in [4.69, 9.17) is 9.47 Å². The van der Waals surface area contributed by atoms with E-state index in [1.165, 1.54) is 0 Å². The van der Waals surface area contributed by atoms with Crippen LogP contribution in [0.4, 0.5) is 11.4 Å². The van der Waals surface area contributed by atoms with Gasteiger partial charge >= 0.3 is 0 Å². The van der Waals surface area contributed by atoms with Crippen molar-refractivity contribution in [3.05, 3.63) is 48.0 Å². The monoisotopic (exact) mass is 424 g/mol. The Morgan fingerprint density at radius 3 is 2.55 bits per heavy atom. The molecule has 0 unspecified atom stereocenters. The van der Waals surface area contributed by atoms with Crippen molar-refractivity contribution in [2.24, 2.45) is 10.9 Å². The van der Waals surface area contributed by atoms with E-state index in [1.807, 2.05) is 49.4 Å². The second kappa shape index (κ2) is 11.2. The summed E-state index contributed by atoms with van der Waals surface area (Å²) in [6.45, 7) is 3.06. The van der Waals surface area contributed by atoms with Crippen LogP contribution in [0.15, 0.2) is 47.5 Å². The minimum atomic E-state index is 0.129. The van der Waals surface area contributed by atoms with Gasteiger partial charge < -0.3 is 25.4 Å². The van der Waals surface area contributed by atoms with Gasteiger partial charge in [-0.2, -0.15) is 0 Å². The quantitative estimate of drug-likeness (QED) is 0.432. The number of hydrogen-bond acceptors (Lipinski definition) is 4. The van der Waals surface area contributed by atoms with Crippen LogP contribution in [0.3, 0.4) is 0 Å². The molecule has 1 aliphatic carbocycles. The van der Waals surface area contributed by atoms with Crippen LogP contribution in [0, 0.1) is 5.92 Å². The van der Waals surface area contributed by atoms with Gasteiger partial charge in [0.1, 0.15) is 0 Å². The lowest BCUT2D eigenvalue weighted by molar-refractivity contribution is -0.119. The van der Waals surface area contributed by atoms with Crippen molar-refractivity contribution >= 4 is 23.2 Å². The van der Waals surface area contributed by atoms with Crippen molar-refractivity contribution in [2.45, 2.75) is 39.2 Å². The fourth-order valence-electron chi connectivity index (χ4n) is 3.72. The Morgan fingerprint density at radius 1 is 1.06 bits per heavy atom. The number of hydrogen-bond donors (Lipinski definition) is 3. The summed E-state index contributed by atoms with van der Waals surface area (Å²) in [5.74, 6) is 2.27. The molecule has 31 heavy (non-hydrogen) atoms. The summed E-state index contributed by atoms with van der Waals surface area (Å²) in [5.41, 5.74) is 2.72. The van der Waals surface area contributed by atoms with Crippen molar-refractivity contribution < 1.29 is 14.3 Å². The van der Waals surface area contributed by atoms with Gasteiger partial charge in [0.15, 0.2) is 17.5 Å². The van der Waals surface area contributed by atoms with E-state index in [1.54, 1.807) is 14.2 Å². The Labute approximate surface area is 184 Å². The van der Waals surface area contributed by atoms with Crippen molar-refractivity contribution in [3.8, 4) is 11.5 Å². The summed E-state index contributed by atoms with van der Waals surface area (Å²) in [4.78, 5) is 16.7. The number of anilines is 2. The first kappa shape index (κ1) is 22.5. The fraction of sp³-hybridized carbons (Fsp3) is 0.417. The molecular formula is C24H32N4O3. The second-order valence-corrected chi connectivity index (χ2v) is 7.52. The van der Waals surface area contributed by atoms with Crippen LogP contribution in [-0.2, 0) is 11.3 Å². The standard InChI is InChI=1S/C24H32N4O3/c1-4-31-22-15-20(12-13-21(22)30-3)28-24(25-2)26-16-17-8-7-11-19(14-17)27-23(29)18-9-5-6-10-18/h7-8,11-15,18H,4-6,9-10,16H2,1-3H3,(H,27,29)(H2,25,26,28). The maximum atomic E-state index is 12.4. The molecular weight excluding hydrogens is 392 g/mol. The highest BCUT2D eigenvalue weighted by Crippen LogP contribution is 2.30. The Balaban J connectivity index is 1.58. The summed E-state index contributed by atoms with van der Waals surface area (Å²) in [6.07, 6.45) is 4.28. The molecule has 2 aromatic rings. The van der Waals surface area contributed by atoms with E-state index < -0.39 is 0 Å². The van der Waals surface area contributed by atoms with E-state index in [-0.39, 0.29) is 11.8 Å². The van der Waals surface area contributed by atoms with Crippen molar-refractivity contribution in [1.29, 1.82) is 0 Å². The van der Waals surface area contributed by atoms with Gasteiger partial charge in [0, 0.05) is 37.0 Å². The van der Waals surface area contributed by atoms with Crippen molar-refractivity contribution in [1.82, 2.24) is 5.32 Å². The highest BCUT2D eigenvalue weighted by atomic mass is 16.5.